The highest BCUT2D eigenvalue weighted by Gasteiger charge is 2.44. The summed E-state index contributed by atoms with van der Waals surface area (Å²) in [6.45, 7) is 0. The smallest absolute Gasteiger partial charge is 0.0546 e. The van der Waals surface area contributed by atoms with Crippen molar-refractivity contribution in [2.24, 2.45) is 0 Å². The van der Waals surface area contributed by atoms with E-state index in [1.165, 1.54) is 99.3 Å². The van der Waals surface area contributed by atoms with E-state index in [-0.39, 0.29) is 11.8 Å². The second-order valence-electron chi connectivity index (χ2n) is 15.5. The van der Waals surface area contributed by atoms with Crippen LogP contribution in [0.1, 0.15) is 45.2 Å². The Morgan fingerprint density at radius 1 is 0.281 bits per heavy atom. The fourth-order valence-electron chi connectivity index (χ4n) is 10.3. The molecule has 0 atom stereocenters. The van der Waals surface area contributed by atoms with Crippen molar-refractivity contribution in [3.05, 3.63) is 246 Å². The van der Waals surface area contributed by atoms with Gasteiger partial charge in [-0.25, -0.2) is 0 Å². The number of fused-ring (bicyclic) bond motifs is 6. The minimum Gasteiger partial charge on any atom is -0.310 e. The van der Waals surface area contributed by atoms with Crippen LogP contribution in [-0.2, 0) is 0 Å². The summed E-state index contributed by atoms with van der Waals surface area (Å²) in [5.41, 5.74) is 17.0. The Hall–Kier alpha value is -7.22. The third kappa shape index (κ3) is 4.76. The van der Waals surface area contributed by atoms with E-state index in [1.54, 1.807) is 0 Å². The Bertz CT molecular complexity index is 3090. The maximum atomic E-state index is 2.58. The molecule has 0 aliphatic heterocycles. The lowest BCUT2D eigenvalue weighted by molar-refractivity contribution is 0.756. The molecule has 0 saturated carbocycles. The van der Waals surface area contributed by atoms with E-state index in [1.807, 2.05) is 0 Å². The molecule has 10 aromatic carbocycles. The standard InChI is InChI=1S/C56H37N/c1-3-16-36(17-4-1)37-30-32-39(33-31-37)57(50-29-15-28-45-43-21-8-7-20-41(43)42-22-9-10-23-44(42)52(45)50)51-35-34-40(38-18-5-2-6-19-38)55-53-46-24-11-13-26-48(46)54(56(51)55)49-27-14-12-25-47(49)53/h1-35,53-54H. The zero-order chi connectivity index (χ0) is 37.5. The highest BCUT2D eigenvalue weighted by molar-refractivity contribution is 6.28. The van der Waals surface area contributed by atoms with Gasteiger partial charge in [0.15, 0.2) is 0 Å². The molecular weight excluding hydrogens is 687 g/mol. The number of benzene rings is 10. The van der Waals surface area contributed by atoms with Gasteiger partial charge in [0, 0.05) is 22.9 Å². The molecule has 0 radical (unpaired) electrons. The summed E-state index contributed by atoms with van der Waals surface area (Å²) >= 11 is 0. The summed E-state index contributed by atoms with van der Waals surface area (Å²) in [6, 6.07) is 78.9. The van der Waals surface area contributed by atoms with E-state index in [4.69, 9.17) is 0 Å². The summed E-state index contributed by atoms with van der Waals surface area (Å²) in [5, 5.41) is 7.62. The summed E-state index contributed by atoms with van der Waals surface area (Å²) in [4.78, 5) is 2.58. The molecule has 266 valence electrons. The molecule has 0 aromatic heterocycles. The van der Waals surface area contributed by atoms with Crippen molar-refractivity contribution >= 4 is 49.4 Å². The first-order valence-electron chi connectivity index (χ1n) is 20.0. The van der Waals surface area contributed by atoms with Gasteiger partial charge in [-0.05, 0) is 107 Å². The Morgan fingerprint density at radius 3 is 1.30 bits per heavy atom. The van der Waals surface area contributed by atoms with Gasteiger partial charge < -0.3 is 4.90 Å². The largest absolute Gasteiger partial charge is 0.310 e. The number of nitrogens with zero attached hydrogens (tertiary/aromatic N) is 1. The van der Waals surface area contributed by atoms with Crippen LogP contribution >= 0.6 is 0 Å². The highest BCUT2D eigenvalue weighted by Crippen LogP contribution is 2.61. The lowest BCUT2D eigenvalue weighted by Crippen LogP contribution is -2.30. The van der Waals surface area contributed by atoms with Crippen LogP contribution in [0, 0.1) is 0 Å². The molecule has 0 heterocycles. The Balaban J connectivity index is 1.21. The van der Waals surface area contributed by atoms with Crippen molar-refractivity contribution in [1.82, 2.24) is 0 Å². The van der Waals surface area contributed by atoms with Gasteiger partial charge in [0.1, 0.15) is 0 Å². The summed E-state index contributed by atoms with van der Waals surface area (Å²) in [6.07, 6.45) is 0. The summed E-state index contributed by atoms with van der Waals surface area (Å²) < 4.78 is 0. The number of hydrogen-bond donors (Lipinski definition) is 0. The molecule has 3 aliphatic rings. The zero-order valence-corrected chi connectivity index (χ0v) is 31.3. The SMILES string of the molecule is c1ccc(-c2ccc(N(c3ccc(-c4ccccc4)c4c3C3c5ccccc5C4c4ccccc43)c3cccc4c5ccccc5c5ccccc5c34)cc2)cc1. The van der Waals surface area contributed by atoms with Crippen LogP contribution in [0.4, 0.5) is 17.1 Å². The van der Waals surface area contributed by atoms with Gasteiger partial charge in [0.2, 0.25) is 0 Å². The first-order valence-corrected chi connectivity index (χ1v) is 20.0. The molecule has 1 heteroatoms. The molecule has 13 rings (SSSR count). The van der Waals surface area contributed by atoms with Gasteiger partial charge in [-0.1, -0.05) is 188 Å². The molecule has 0 unspecified atom stereocenters. The zero-order valence-electron chi connectivity index (χ0n) is 31.3. The van der Waals surface area contributed by atoms with Gasteiger partial charge in [-0.3, -0.25) is 0 Å². The third-order valence-corrected chi connectivity index (χ3v) is 12.6. The maximum absolute atomic E-state index is 2.58. The van der Waals surface area contributed by atoms with Crippen LogP contribution in [0.15, 0.2) is 212 Å². The molecule has 0 N–H and O–H groups in total. The van der Waals surface area contributed by atoms with Crippen LogP contribution in [0.2, 0.25) is 0 Å². The maximum Gasteiger partial charge on any atom is 0.0546 e. The minimum atomic E-state index is 0.0784. The molecule has 57 heavy (non-hydrogen) atoms. The molecular formula is C56H37N. The van der Waals surface area contributed by atoms with Crippen molar-refractivity contribution in [3.63, 3.8) is 0 Å². The number of hydrogen-bond acceptors (Lipinski definition) is 1. The predicted molar refractivity (Wildman–Crippen MR) is 239 cm³/mol. The fourth-order valence-corrected chi connectivity index (χ4v) is 10.3. The first-order chi connectivity index (χ1) is 28.3. The van der Waals surface area contributed by atoms with Crippen molar-refractivity contribution in [3.8, 4) is 22.3 Å². The van der Waals surface area contributed by atoms with Gasteiger partial charge in [-0.2, -0.15) is 0 Å². The van der Waals surface area contributed by atoms with Crippen LogP contribution in [0.25, 0.3) is 54.6 Å². The second kappa shape index (κ2) is 12.7. The quantitative estimate of drug-likeness (QED) is 0.160. The highest BCUT2D eigenvalue weighted by atomic mass is 15.1. The molecule has 0 fully saturated rings. The first kappa shape index (κ1) is 32.1. The van der Waals surface area contributed by atoms with E-state index in [9.17, 15) is 0 Å². The van der Waals surface area contributed by atoms with Gasteiger partial charge in [-0.15, -0.1) is 0 Å². The average Bonchev–Trinajstić information content (AvgIpc) is 3.30. The van der Waals surface area contributed by atoms with E-state index in [0.29, 0.717) is 0 Å². The van der Waals surface area contributed by atoms with E-state index in [0.717, 1.165) is 5.69 Å². The van der Waals surface area contributed by atoms with Gasteiger partial charge >= 0.3 is 0 Å². The molecule has 3 aliphatic carbocycles. The normalized spacial score (nSPS) is 15.0. The predicted octanol–water partition coefficient (Wildman–Crippen LogP) is 14.9. The third-order valence-electron chi connectivity index (χ3n) is 12.6. The van der Waals surface area contributed by atoms with E-state index >= 15 is 0 Å². The Morgan fingerprint density at radius 2 is 0.719 bits per heavy atom. The fraction of sp³-hybridized carbons (Fsp3) is 0.0357. The average molecular weight is 724 g/mol. The van der Waals surface area contributed by atoms with Gasteiger partial charge in [0.25, 0.3) is 0 Å². The second-order valence-corrected chi connectivity index (χ2v) is 15.5. The van der Waals surface area contributed by atoms with Gasteiger partial charge in [0.05, 0.1) is 11.4 Å². The molecule has 0 amide bonds. The Kier molecular flexibility index (Phi) is 7.12. The van der Waals surface area contributed by atoms with Crippen LogP contribution in [0.5, 0.6) is 0 Å². The lowest BCUT2D eigenvalue weighted by atomic mass is 9.59. The van der Waals surface area contributed by atoms with E-state index < -0.39 is 0 Å². The lowest BCUT2D eigenvalue weighted by Gasteiger charge is -2.45. The topological polar surface area (TPSA) is 3.24 Å². The number of anilines is 3. The van der Waals surface area contributed by atoms with Crippen LogP contribution in [-0.4, -0.2) is 0 Å². The Labute approximate surface area is 332 Å². The van der Waals surface area contributed by atoms with Crippen molar-refractivity contribution in [2.75, 3.05) is 4.90 Å². The molecule has 0 spiro atoms. The van der Waals surface area contributed by atoms with E-state index in [2.05, 4.69) is 217 Å². The van der Waals surface area contributed by atoms with Crippen molar-refractivity contribution in [1.29, 1.82) is 0 Å². The molecule has 2 bridgehead atoms. The minimum absolute atomic E-state index is 0.0784. The van der Waals surface area contributed by atoms with Crippen LogP contribution in [0.3, 0.4) is 0 Å². The van der Waals surface area contributed by atoms with Crippen molar-refractivity contribution in [2.45, 2.75) is 11.8 Å². The number of rotatable bonds is 5. The van der Waals surface area contributed by atoms with Crippen molar-refractivity contribution < 1.29 is 0 Å². The molecule has 1 nitrogen and oxygen atoms in total. The van der Waals surface area contributed by atoms with Crippen LogP contribution < -0.4 is 4.90 Å². The molecule has 10 aromatic rings. The summed E-state index contributed by atoms with van der Waals surface area (Å²) in [5.74, 6) is 0.196. The summed E-state index contributed by atoms with van der Waals surface area (Å²) in [7, 11) is 0. The monoisotopic (exact) mass is 723 g/mol. The molecule has 0 saturated heterocycles.